The SMILES string of the molecule is C1CCOC1.CCC(Cl)Br. The van der Waals surface area contributed by atoms with Crippen molar-refractivity contribution in [3.05, 3.63) is 0 Å². The van der Waals surface area contributed by atoms with Gasteiger partial charge in [-0.2, -0.15) is 0 Å². The minimum Gasteiger partial charge on any atom is -0.381 e. The molecule has 1 unspecified atom stereocenters. The lowest BCUT2D eigenvalue weighted by atomic mass is 10.4. The van der Waals surface area contributed by atoms with Crippen LogP contribution in [0.25, 0.3) is 0 Å². The monoisotopic (exact) mass is 228 g/mol. The maximum absolute atomic E-state index is 5.38. The van der Waals surface area contributed by atoms with Crippen LogP contribution in [-0.4, -0.2) is 17.5 Å². The summed E-state index contributed by atoms with van der Waals surface area (Å²) in [4.78, 5) is 0. The predicted octanol–water partition coefficient (Wildman–Crippen LogP) is 3.15. The van der Waals surface area contributed by atoms with Gasteiger partial charge in [-0.1, -0.05) is 22.9 Å². The average Bonchev–Trinajstić information content (AvgIpc) is 2.43. The summed E-state index contributed by atoms with van der Waals surface area (Å²) in [5.41, 5.74) is 0. The van der Waals surface area contributed by atoms with Crippen molar-refractivity contribution in [3.8, 4) is 0 Å². The van der Waals surface area contributed by atoms with E-state index in [0.717, 1.165) is 19.6 Å². The Balaban J connectivity index is 0.000000162. The normalized spacial score (nSPS) is 19.5. The molecule has 0 aromatic heterocycles. The van der Waals surface area contributed by atoms with E-state index in [-0.39, 0.29) is 4.29 Å². The lowest BCUT2D eigenvalue weighted by Crippen LogP contribution is -1.74. The first-order valence-corrected chi connectivity index (χ1v) is 4.98. The van der Waals surface area contributed by atoms with E-state index in [9.17, 15) is 0 Å². The van der Waals surface area contributed by atoms with Crippen molar-refractivity contribution in [3.63, 3.8) is 0 Å². The number of rotatable bonds is 1. The van der Waals surface area contributed by atoms with Crippen LogP contribution in [0.1, 0.15) is 26.2 Å². The molecule has 0 N–H and O–H groups in total. The minimum absolute atomic E-state index is 0.169. The Morgan fingerprint density at radius 3 is 2.00 bits per heavy atom. The Morgan fingerprint density at radius 2 is 1.90 bits per heavy atom. The molecule has 0 radical (unpaired) electrons. The number of hydrogen-bond acceptors (Lipinski definition) is 1. The summed E-state index contributed by atoms with van der Waals surface area (Å²) in [6, 6.07) is 0. The molecule has 1 saturated heterocycles. The van der Waals surface area contributed by atoms with E-state index in [1.807, 2.05) is 6.92 Å². The maximum atomic E-state index is 5.38. The third-order valence-electron chi connectivity index (χ3n) is 1.14. The van der Waals surface area contributed by atoms with Crippen molar-refractivity contribution >= 4 is 27.5 Å². The van der Waals surface area contributed by atoms with E-state index in [0.29, 0.717) is 0 Å². The first-order chi connectivity index (χ1) is 4.77. The van der Waals surface area contributed by atoms with Crippen LogP contribution >= 0.6 is 27.5 Å². The van der Waals surface area contributed by atoms with Gasteiger partial charge >= 0.3 is 0 Å². The molecule has 0 amide bonds. The van der Waals surface area contributed by atoms with Crippen LogP contribution in [0.3, 0.4) is 0 Å². The largest absolute Gasteiger partial charge is 0.381 e. The van der Waals surface area contributed by atoms with Gasteiger partial charge in [-0.3, -0.25) is 0 Å². The van der Waals surface area contributed by atoms with Gasteiger partial charge in [-0.25, -0.2) is 0 Å². The molecule has 0 bridgehead atoms. The summed E-state index contributed by atoms with van der Waals surface area (Å²) < 4.78 is 5.11. The van der Waals surface area contributed by atoms with Crippen molar-refractivity contribution in [1.82, 2.24) is 0 Å². The molecular formula is C7H14BrClO. The number of alkyl halides is 2. The molecule has 0 spiro atoms. The van der Waals surface area contributed by atoms with E-state index >= 15 is 0 Å². The number of halogens is 2. The fourth-order valence-corrected chi connectivity index (χ4v) is 0.510. The molecule has 1 rings (SSSR count). The Labute approximate surface area is 76.2 Å². The second kappa shape index (κ2) is 7.83. The summed E-state index contributed by atoms with van der Waals surface area (Å²) in [5, 5.41) is 0. The van der Waals surface area contributed by atoms with E-state index in [2.05, 4.69) is 15.9 Å². The van der Waals surface area contributed by atoms with Crippen molar-refractivity contribution in [2.45, 2.75) is 30.5 Å². The number of hydrogen-bond donors (Lipinski definition) is 0. The Morgan fingerprint density at radius 1 is 1.50 bits per heavy atom. The Kier molecular flexibility index (Phi) is 8.40. The van der Waals surface area contributed by atoms with E-state index in [1.165, 1.54) is 12.8 Å². The van der Waals surface area contributed by atoms with Crippen LogP contribution in [0, 0.1) is 0 Å². The molecule has 1 aliphatic rings. The molecule has 1 fully saturated rings. The van der Waals surface area contributed by atoms with Gasteiger partial charge in [0.25, 0.3) is 0 Å². The highest BCUT2D eigenvalue weighted by atomic mass is 79.9. The van der Waals surface area contributed by atoms with Gasteiger partial charge in [0.15, 0.2) is 0 Å². The summed E-state index contributed by atoms with van der Waals surface area (Å²) in [7, 11) is 0. The molecule has 1 aliphatic heterocycles. The maximum Gasteiger partial charge on any atom is 0.0883 e. The topological polar surface area (TPSA) is 9.23 Å². The lowest BCUT2D eigenvalue weighted by molar-refractivity contribution is 0.198. The van der Waals surface area contributed by atoms with Crippen molar-refractivity contribution in [2.24, 2.45) is 0 Å². The highest BCUT2D eigenvalue weighted by molar-refractivity contribution is 9.10. The van der Waals surface area contributed by atoms with Gasteiger partial charge in [-0.05, 0) is 19.3 Å². The van der Waals surface area contributed by atoms with E-state index in [4.69, 9.17) is 16.3 Å². The molecule has 1 nitrogen and oxygen atoms in total. The Bertz CT molecular complexity index is 57.0. The molecule has 62 valence electrons. The standard InChI is InChI=1S/C4H8O.C3H6BrCl/c1-2-4-5-3-1;1-2-3(4)5/h1-4H2;3H,2H2,1H3. The van der Waals surface area contributed by atoms with Gasteiger partial charge in [0.05, 0.1) is 4.29 Å². The van der Waals surface area contributed by atoms with Crippen LogP contribution in [0.5, 0.6) is 0 Å². The average molecular weight is 230 g/mol. The second-order valence-corrected chi connectivity index (χ2v) is 4.28. The molecular weight excluding hydrogens is 215 g/mol. The molecule has 1 atom stereocenters. The summed E-state index contributed by atoms with van der Waals surface area (Å²) in [5.74, 6) is 0. The number of ether oxygens (including phenoxy) is 1. The highest BCUT2D eigenvalue weighted by Gasteiger charge is 1.94. The van der Waals surface area contributed by atoms with Gasteiger partial charge in [0.1, 0.15) is 0 Å². The highest BCUT2D eigenvalue weighted by Crippen LogP contribution is 2.06. The second-order valence-electron chi connectivity index (χ2n) is 2.12. The fourth-order valence-electron chi connectivity index (χ4n) is 0.510. The molecule has 0 aliphatic carbocycles. The molecule has 0 aromatic rings. The van der Waals surface area contributed by atoms with Crippen LogP contribution in [0.4, 0.5) is 0 Å². The lowest BCUT2D eigenvalue weighted by Gasteiger charge is -1.85. The zero-order valence-electron chi connectivity index (χ0n) is 6.28. The van der Waals surface area contributed by atoms with E-state index < -0.39 is 0 Å². The third kappa shape index (κ3) is 8.73. The van der Waals surface area contributed by atoms with Gasteiger partial charge in [0.2, 0.25) is 0 Å². The van der Waals surface area contributed by atoms with Crippen molar-refractivity contribution in [1.29, 1.82) is 0 Å². The fraction of sp³-hybridized carbons (Fsp3) is 1.00. The van der Waals surface area contributed by atoms with Crippen LogP contribution in [0.2, 0.25) is 0 Å². The van der Waals surface area contributed by atoms with Gasteiger partial charge in [0, 0.05) is 13.2 Å². The smallest absolute Gasteiger partial charge is 0.0883 e. The van der Waals surface area contributed by atoms with Crippen molar-refractivity contribution < 1.29 is 4.74 Å². The summed E-state index contributed by atoms with van der Waals surface area (Å²) >= 11 is 8.52. The third-order valence-corrected chi connectivity index (χ3v) is 2.09. The van der Waals surface area contributed by atoms with E-state index in [1.54, 1.807) is 0 Å². The van der Waals surface area contributed by atoms with Crippen LogP contribution < -0.4 is 0 Å². The molecule has 1 heterocycles. The summed E-state index contributed by atoms with van der Waals surface area (Å²) in [6.45, 7) is 4.02. The predicted molar refractivity (Wildman–Crippen MR) is 48.9 cm³/mol. The quantitative estimate of drug-likeness (QED) is 0.628. The van der Waals surface area contributed by atoms with Gasteiger partial charge in [-0.15, -0.1) is 11.6 Å². The molecule has 0 saturated carbocycles. The first-order valence-electron chi connectivity index (χ1n) is 3.63. The molecule has 3 heteroatoms. The van der Waals surface area contributed by atoms with Crippen LogP contribution in [0.15, 0.2) is 0 Å². The summed E-state index contributed by atoms with van der Waals surface area (Å²) in [6.07, 6.45) is 3.54. The van der Waals surface area contributed by atoms with Gasteiger partial charge < -0.3 is 4.74 Å². The van der Waals surface area contributed by atoms with Crippen molar-refractivity contribution in [2.75, 3.05) is 13.2 Å². The molecule has 10 heavy (non-hydrogen) atoms. The Hall–Kier alpha value is 0.730. The zero-order chi connectivity index (χ0) is 7.82. The molecule has 0 aromatic carbocycles. The van der Waals surface area contributed by atoms with Crippen LogP contribution in [-0.2, 0) is 4.74 Å². The first kappa shape index (κ1) is 10.7. The minimum atomic E-state index is 0.169. The zero-order valence-corrected chi connectivity index (χ0v) is 8.62.